The molecule has 3 nitrogen and oxygen atoms in total. The molecular formula is C23H27N3. The Balaban J connectivity index is 1.86. The van der Waals surface area contributed by atoms with E-state index in [1.807, 2.05) is 12.1 Å². The Morgan fingerprint density at radius 1 is 0.615 bits per heavy atom. The summed E-state index contributed by atoms with van der Waals surface area (Å²) in [4.78, 5) is 0. The molecule has 0 atom stereocenters. The van der Waals surface area contributed by atoms with Gasteiger partial charge in [0.15, 0.2) is 0 Å². The van der Waals surface area contributed by atoms with Gasteiger partial charge in [-0.15, -0.1) is 0 Å². The Morgan fingerprint density at radius 3 is 1.38 bits per heavy atom. The molecule has 3 heteroatoms. The molecule has 0 aliphatic heterocycles. The van der Waals surface area contributed by atoms with Crippen molar-refractivity contribution in [3.8, 4) is 0 Å². The van der Waals surface area contributed by atoms with Gasteiger partial charge in [0.05, 0.1) is 0 Å². The minimum Gasteiger partial charge on any atom is -0.398 e. The van der Waals surface area contributed by atoms with E-state index >= 15 is 0 Å². The lowest BCUT2D eigenvalue weighted by atomic mass is 9.98. The highest BCUT2D eigenvalue weighted by molar-refractivity contribution is 5.80. The third-order valence-corrected chi connectivity index (χ3v) is 4.93. The molecule has 3 rings (SSSR count). The Kier molecular flexibility index (Phi) is 5.47. The van der Waals surface area contributed by atoms with Gasteiger partial charge < -0.3 is 16.4 Å². The van der Waals surface area contributed by atoms with Crippen molar-refractivity contribution < 1.29 is 0 Å². The topological polar surface area (TPSA) is 50.1 Å². The number of nitrogens with two attached hydrogens (primary N) is 1. The number of rotatable bonds is 6. The maximum Gasteiger partial charge on any atom is 0.0443 e. The van der Waals surface area contributed by atoms with Gasteiger partial charge in [-0.05, 0) is 48.6 Å². The molecule has 0 spiro atoms. The lowest BCUT2D eigenvalue weighted by Gasteiger charge is -2.22. The highest BCUT2D eigenvalue weighted by atomic mass is 14.9. The fraction of sp³-hybridized carbons (Fsp3) is 0.217. The van der Waals surface area contributed by atoms with Gasteiger partial charge in [0, 0.05) is 30.2 Å². The van der Waals surface area contributed by atoms with Crippen LogP contribution >= 0.6 is 0 Å². The minimum absolute atomic E-state index is 0.781. The van der Waals surface area contributed by atoms with Gasteiger partial charge in [-0.2, -0.15) is 0 Å². The lowest BCUT2D eigenvalue weighted by Crippen LogP contribution is -2.11. The van der Waals surface area contributed by atoms with Crippen LogP contribution in [0.3, 0.4) is 0 Å². The van der Waals surface area contributed by atoms with Crippen LogP contribution in [0.25, 0.3) is 0 Å². The van der Waals surface area contributed by atoms with E-state index in [1.54, 1.807) is 0 Å². The Morgan fingerprint density at radius 2 is 1.00 bits per heavy atom. The molecule has 0 bridgehead atoms. The van der Waals surface area contributed by atoms with Crippen LogP contribution in [0.5, 0.6) is 0 Å². The van der Waals surface area contributed by atoms with Gasteiger partial charge in [0.1, 0.15) is 0 Å². The van der Waals surface area contributed by atoms with Crippen molar-refractivity contribution in [1.29, 1.82) is 0 Å². The fourth-order valence-electron chi connectivity index (χ4n) is 3.34. The monoisotopic (exact) mass is 345 g/mol. The molecule has 0 amide bonds. The zero-order valence-electron chi connectivity index (χ0n) is 15.8. The summed E-state index contributed by atoms with van der Waals surface area (Å²) in [7, 11) is 0. The molecule has 0 heterocycles. The van der Waals surface area contributed by atoms with Gasteiger partial charge in [0.25, 0.3) is 0 Å². The fourth-order valence-corrected chi connectivity index (χ4v) is 3.34. The van der Waals surface area contributed by atoms with Crippen LogP contribution in [0.4, 0.5) is 17.1 Å². The van der Waals surface area contributed by atoms with E-state index in [1.165, 1.54) is 16.7 Å². The van der Waals surface area contributed by atoms with Crippen molar-refractivity contribution in [1.82, 2.24) is 0 Å². The molecule has 0 aliphatic rings. The van der Waals surface area contributed by atoms with Gasteiger partial charge in [-0.1, -0.05) is 60.7 Å². The molecule has 0 aromatic heterocycles. The van der Waals surface area contributed by atoms with Gasteiger partial charge in [0.2, 0.25) is 0 Å². The summed E-state index contributed by atoms with van der Waals surface area (Å²) in [5.74, 6) is 0. The normalized spacial score (nSPS) is 10.6. The predicted molar refractivity (Wildman–Crippen MR) is 113 cm³/mol. The summed E-state index contributed by atoms with van der Waals surface area (Å²) in [5.41, 5.74) is 15.4. The van der Waals surface area contributed by atoms with Crippen molar-refractivity contribution >= 4 is 17.1 Å². The zero-order chi connectivity index (χ0) is 18.5. The number of benzene rings is 3. The van der Waals surface area contributed by atoms with Crippen LogP contribution in [0.2, 0.25) is 0 Å². The second-order valence-electron chi connectivity index (χ2n) is 6.72. The van der Waals surface area contributed by atoms with Crippen LogP contribution in [0.15, 0.2) is 60.7 Å². The largest absolute Gasteiger partial charge is 0.398 e. The van der Waals surface area contributed by atoms with Crippen molar-refractivity contribution in [3.63, 3.8) is 0 Å². The number of hydrogen-bond acceptors (Lipinski definition) is 3. The number of anilines is 3. The molecule has 0 saturated heterocycles. The summed E-state index contributed by atoms with van der Waals surface area (Å²) in [6.07, 6.45) is 0. The Hall–Kier alpha value is -2.94. The second-order valence-corrected chi connectivity index (χ2v) is 6.72. The molecule has 134 valence electrons. The number of hydrogen-bond donors (Lipinski definition) is 3. The van der Waals surface area contributed by atoms with Crippen molar-refractivity contribution in [2.45, 2.75) is 33.9 Å². The van der Waals surface area contributed by atoms with E-state index in [2.05, 4.69) is 79.9 Å². The second kappa shape index (κ2) is 7.96. The Labute approximate surface area is 156 Å². The standard InChI is InChI=1S/C23H27N3/c1-16-21(24)17(2)23(26-15-20-12-8-5-9-13-20)18(3)22(16)25-14-19-10-6-4-7-11-19/h4-13,25-26H,14-15,24H2,1-3H3. The molecule has 3 aromatic rings. The first-order valence-electron chi connectivity index (χ1n) is 9.02. The highest BCUT2D eigenvalue weighted by Gasteiger charge is 2.15. The van der Waals surface area contributed by atoms with E-state index < -0.39 is 0 Å². The first-order valence-corrected chi connectivity index (χ1v) is 9.02. The SMILES string of the molecule is Cc1c(N)c(C)c(NCc2ccccc2)c(C)c1NCc1ccccc1. The number of nitrogens with one attached hydrogen (secondary N) is 2. The first-order chi connectivity index (χ1) is 12.6. The maximum atomic E-state index is 6.41. The maximum absolute atomic E-state index is 6.41. The summed E-state index contributed by atoms with van der Waals surface area (Å²) >= 11 is 0. The van der Waals surface area contributed by atoms with Crippen LogP contribution < -0.4 is 16.4 Å². The molecule has 26 heavy (non-hydrogen) atoms. The van der Waals surface area contributed by atoms with Gasteiger partial charge in [-0.25, -0.2) is 0 Å². The molecule has 3 aromatic carbocycles. The third-order valence-electron chi connectivity index (χ3n) is 4.93. The van der Waals surface area contributed by atoms with Crippen LogP contribution in [0, 0.1) is 20.8 Å². The minimum atomic E-state index is 0.781. The lowest BCUT2D eigenvalue weighted by molar-refractivity contribution is 1.10. The van der Waals surface area contributed by atoms with E-state index in [-0.39, 0.29) is 0 Å². The van der Waals surface area contributed by atoms with Gasteiger partial charge >= 0.3 is 0 Å². The summed E-state index contributed by atoms with van der Waals surface area (Å²) in [5, 5.41) is 7.17. The highest BCUT2D eigenvalue weighted by Crippen LogP contribution is 2.37. The summed E-state index contributed by atoms with van der Waals surface area (Å²) < 4.78 is 0. The predicted octanol–water partition coefficient (Wildman–Crippen LogP) is 5.42. The quantitative estimate of drug-likeness (QED) is 0.523. The van der Waals surface area contributed by atoms with Gasteiger partial charge in [-0.3, -0.25) is 0 Å². The van der Waals surface area contributed by atoms with Crippen molar-refractivity contribution in [2.24, 2.45) is 0 Å². The molecule has 0 aliphatic carbocycles. The van der Waals surface area contributed by atoms with Crippen LogP contribution in [-0.4, -0.2) is 0 Å². The average molecular weight is 345 g/mol. The van der Waals surface area contributed by atoms with E-state index in [9.17, 15) is 0 Å². The third kappa shape index (κ3) is 3.83. The zero-order valence-corrected chi connectivity index (χ0v) is 15.8. The summed E-state index contributed by atoms with van der Waals surface area (Å²) in [6, 6.07) is 20.8. The van der Waals surface area contributed by atoms with Crippen molar-refractivity contribution in [2.75, 3.05) is 16.4 Å². The van der Waals surface area contributed by atoms with Crippen molar-refractivity contribution in [3.05, 3.63) is 88.5 Å². The molecule has 0 unspecified atom stereocenters. The molecular weight excluding hydrogens is 318 g/mol. The number of nitrogen functional groups attached to an aromatic ring is 1. The smallest absolute Gasteiger partial charge is 0.0443 e. The summed E-state index contributed by atoms with van der Waals surface area (Å²) in [6.45, 7) is 7.89. The van der Waals surface area contributed by atoms with Crippen LogP contribution in [-0.2, 0) is 13.1 Å². The molecule has 0 fully saturated rings. The first kappa shape index (κ1) is 17.9. The van der Waals surface area contributed by atoms with E-state index in [0.717, 1.165) is 41.3 Å². The Bertz CT molecular complexity index is 800. The molecule has 0 saturated carbocycles. The van der Waals surface area contributed by atoms with E-state index in [4.69, 9.17) is 5.73 Å². The molecule has 0 radical (unpaired) electrons. The van der Waals surface area contributed by atoms with E-state index in [0.29, 0.717) is 0 Å². The molecule has 4 N–H and O–H groups in total. The van der Waals surface area contributed by atoms with Crippen LogP contribution in [0.1, 0.15) is 27.8 Å². The average Bonchev–Trinajstić information content (AvgIpc) is 2.68.